The fourth-order valence-electron chi connectivity index (χ4n) is 2.27. The molecule has 0 saturated carbocycles. The van der Waals surface area contributed by atoms with Gasteiger partial charge >= 0.3 is 0 Å². The van der Waals surface area contributed by atoms with E-state index in [1.54, 1.807) is 49.6 Å². The summed E-state index contributed by atoms with van der Waals surface area (Å²) in [4.78, 5) is 24.4. The van der Waals surface area contributed by atoms with E-state index >= 15 is 0 Å². The van der Waals surface area contributed by atoms with Gasteiger partial charge in [0.1, 0.15) is 5.75 Å². The van der Waals surface area contributed by atoms with Crippen LogP contribution >= 0.6 is 15.9 Å². The summed E-state index contributed by atoms with van der Waals surface area (Å²) in [7, 11) is 1.58. The molecule has 0 fully saturated rings. The highest BCUT2D eigenvalue weighted by Crippen LogP contribution is 2.27. The molecule has 0 unspecified atom stereocenters. The van der Waals surface area contributed by atoms with E-state index in [9.17, 15) is 9.59 Å². The predicted molar refractivity (Wildman–Crippen MR) is 109 cm³/mol. The lowest BCUT2D eigenvalue weighted by Gasteiger charge is -2.12. The third-order valence-electron chi connectivity index (χ3n) is 3.55. The van der Waals surface area contributed by atoms with Crippen molar-refractivity contribution in [3.05, 3.63) is 58.1 Å². The van der Waals surface area contributed by atoms with Crippen LogP contribution in [0.3, 0.4) is 0 Å². The lowest BCUT2D eigenvalue weighted by Crippen LogP contribution is -2.26. The molecule has 0 aliphatic heterocycles. The summed E-state index contributed by atoms with van der Waals surface area (Å²) in [6.07, 6.45) is 0.0474. The molecule has 27 heavy (non-hydrogen) atoms. The van der Waals surface area contributed by atoms with Crippen LogP contribution in [-0.4, -0.2) is 38.2 Å². The van der Waals surface area contributed by atoms with Crippen LogP contribution in [0.4, 0.5) is 5.69 Å². The smallest absolute Gasteiger partial charge is 0.255 e. The van der Waals surface area contributed by atoms with E-state index in [1.807, 2.05) is 13.8 Å². The molecule has 2 amide bonds. The van der Waals surface area contributed by atoms with E-state index in [-0.39, 0.29) is 17.9 Å². The monoisotopic (exact) mass is 434 g/mol. The van der Waals surface area contributed by atoms with Gasteiger partial charge in [-0.2, -0.15) is 0 Å². The molecule has 2 rings (SSSR count). The van der Waals surface area contributed by atoms with Gasteiger partial charge in [-0.25, -0.2) is 0 Å². The Balaban J connectivity index is 1.99. The molecule has 144 valence electrons. The zero-order valence-corrected chi connectivity index (χ0v) is 17.1. The van der Waals surface area contributed by atoms with E-state index in [0.717, 1.165) is 0 Å². The maximum absolute atomic E-state index is 12.4. The van der Waals surface area contributed by atoms with Gasteiger partial charge in [0.15, 0.2) is 0 Å². The topological polar surface area (TPSA) is 76.7 Å². The Bertz CT molecular complexity index is 791. The maximum atomic E-state index is 12.4. The van der Waals surface area contributed by atoms with Crippen molar-refractivity contribution in [1.82, 2.24) is 5.32 Å². The predicted octanol–water partition coefficient (Wildman–Crippen LogP) is 3.86. The minimum atomic E-state index is -0.246. The van der Waals surface area contributed by atoms with E-state index < -0.39 is 0 Å². The SMILES string of the molecule is COCCNC(=O)c1ccc(NC(=O)c2ccc(OC(C)C)c(Br)c2)cc1. The number of benzene rings is 2. The first kappa shape index (κ1) is 20.9. The van der Waals surface area contributed by atoms with E-state index in [4.69, 9.17) is 9.47 Å². The Labute approximate surface area is 167 Å². The Kier molecular flexibility index (Phi) is 7.82. The molecule has 0 aromatic heterocycles. The first-order chi connectivity index (χ1) is 12.9. The molecule has 2 N–H and O–H groups in total. The summed E-state index contributed by atoms with van der Waals surface area (Å²) in [5.41, 5.74) is 1.62. The summed E-state index contributed by atoms with van der Waals surface area (Å²) < 4.78 is 11.3. The van der Waals surface area contributed by atoms with Crippen LogP contribution in [0.15, 0.2) is 46.9 Å². The number of anilines is 1. The number of carbonyl (C=O) groups is 2. The van der Waals surface area contributed by atoms with E-state index in [2.05, 4.69) is 26.6 Å². The fraction of sp³-hybridized carbons (Fsp3) is 0.300. The van der Waals surface area contributed by atoms with Gasteiger partial charge < -0.3 is 20.1 Å². The van der Waals surface area contributed by atoms with Crippen LogP contribution in [0.2, 0.25) is 0 Å². The number of rotatable bonds is 8. The van der Waals surface area contributed by atoms with Gasteiger partial charge in [-0.3, -0.25) is 9.59 Å². The normalized spacial score (nSPS) is 10.6. The Morgan fingerprint density at radius 1 is 1.04 bits per heavy atom. The Morgan fingerprint density at radius 3 is 2.30 bits per heavy atom. The highest BCUT2D eigenvalue weighted by molar-refractivity contribution is 9.10. The lowest BCUT2D eigenvalue weighted by atomic mass is 10.1. The van der Waals surface area contributed by atoms with Crippen molar-refractivity contribution in [2.75, 3.05) is 25.6 Å². The highest BCUT2D eigenvalue weighted by atomic mass is 79.9. The fourth-order valence-corrected chi connectivity index (χ4v) is 2.74. The van der Waals surface area contributed by atoms with Crippen LogP contribution in [0, 0.1) is 0 Å². The molecule has 0 saturated heterocycles. The highest BCUT2D eigenvalue weighted by Gasteiger charge is 2.11. The minimum Gasteiger partial charge on any atom is -0.490 e. The van der Waals surface area contributed by atoms with Crippen LogP contribution in [0.5, 0.6) is 5.75 Å². The van der Waals surface area contributed by atoms with Gasteiger partial charge in [0.2, 0.25) is 0 Å². The Morgan fingerprint density at radius 2 is 1.70 bits per heavy atom. The van der Waals surface area contributed by atoms with Crippen molar-refractivity contribution in [1.29, 1.82) is 0 Å². The van der Waals surface area contributed by atoms with Crippen LogP contribution < -0.4 is 15.4 Å². The molecule has 0 bridgehead atoms. The van der Waals surface area contributed by atoms with Gasteiger partial charge in [0.25, 0.3) is 11.8 Å². The van der Waals surface area contributed by atoms with Crippen molar-refractivity contribution in [2.45, 2.75) is 20.0 Å². The summed E-state index contributed by atoms with van der Waals surface area (Å²) >= 11 is 3.42. The molecule has 0 aliphatic rings. The van der Waals surface area contributed by atoms with Crippen molar-refractivity contribution in [3.63, 3.8) is 0 Å². The molecule has 0 aliphatic carbocycles. The zero-order chi connectivity index (χ0) is 19.8. The lowest BCUT2D eigenvalue weighted by molar-refractivity contribution is 0.0936. The molecule has 0 spiro atoms. The Hall–Kier alpha value is -2.38. The van der Waals surface area contributed by atoms with Crippen LogP contribution in [-0.2, 0) is 4.74 Å². The number of methoxy groups -OCH3 is 1. The second kappa shape index (κ2) is 10.1. The molecule has 0 heterocycles. The summed E-state index contributed by atoms with van der Waals surface area (Å²) in [5.74, 6) is 0.254. The number of nitrogens with one attached hydrogen (secondary N) is 2. The average Bonchev–Trinajstić information content (AvgIpc) is 2.63. The van der Waals surface area contributed by atoms with Crippen molar-refractivity contribution >= 4 is 33.4 Å². The maximum Gasteiger partial charge on any atom is 0.255 e. The number of hydrogen-bond donors (Lipinski definition) is 2. The van der Waals surface area contributed by atoms with E-state index in [1.165, 1.54) is 0 Å². The third-order valence-corrected chi connectivity index (χ3v) is 4.17. The van der Waals surface area contributed by atoms with Crippen LogP contribution in [0.1, 0.15) is 34.6 Å². The van der Waals surface area contributed by atoms with Crippen molar-refractivity contribution in [3.8, 4) is 5.75 Å². The molecular weight excluding hydrogens is 412 g/mol. The largest absolute Gasteiger partial charge is 0.490 e. The molecule has 7 heteroatoms. The molecule has 0 radical (unpaired) electrons. The molecule has 2 aromatic carbocycles. The van der Waals surface area contributed by atoms with Crippen molar-refractivity contribution < 1.29 is 19.1 Å². The third kappa shape index (κ3) is 6.37. The first-order valence-corrected chi connectivity index (χ1v) is 9.34. The van der Waals surface area contributed by atoms with Gasteiger partial charge in [0, 0.05) is 30.5 Å². The molecular formula is C20H23BrN2O4. The van der Waals surface area contributed by atoms with Gasteiger partial charge in [0.05, 0.1) is 17.2 Å². The number of carbonyl (C=O) groups excluding carboxylic acids is 2. The number of amides is 2. The standard InChI is InChI=1S/C20H23BrN2O4/c1-13(2)27-18-9-6-15(12-17(18)21)20(25)23-16-7-4-14(5-8-16)19(24)22-10-11-26-3/h4-9,12-13H,10-11H2,1-3H3,(H,22,24)(H,23,25). The van der Waals surface area contributed by atoms with E-state index in [0.29, 0.717) is 40.2 Å². The van der Waals surface area contributed by atoms with Gasteiger partial charge in [-0.15, -0.1) is 0 Å². The number of ether oxygens (including phenoxy) is 2. The molecule has 6 nitrogen and oxygen atoms in total. The van der Waals surface area contributed by atoms with Crippen LogP contribution in [0.25, 0.3) is 0 Å². The molecule has 0 atom stereocenters. The average molecular weight is 435 g/mol. The van der Waals surface area contributed by atoms with Gasteiger partial charge in [-0.05, 0) is 72.2 Å². The summed E-state index contributed by atoms with van der Waals surface area (Å²) in [6.45, 7) is 4.78. The van der Waals surface area contributed by atoms with Crippen molar-refractivity contribution in [2.24, 2.45) is 0 Å². The van der Waals surface area contributed by atoms with Gasteiger partial charge in [-0.1, -0.05) is 0 Å². The minimum absolute atomic E-state index is 0.0474. The summed E-state index contributed by atoms with van der Waals surface area (Å²) in [6, 6.07) is 11.9. The second-order valence-corrected chi connectivity index (χ2v) is 6.95. The second-order valence-electron chi connectivity index (χ2n) is 6.09. The number of halogens is 1. The quantitative estimate of drug-likeness (QED) is 0.618. The number of hydrogen-bond acceptors (Lipinski definition) is 4. The summed E-state index contributed by atoms with van der Waals surface area (Å²) in [5, 5.41) is 5.55. The molecule has 2 aromatic rings. The first-order valence-electron chi connectivity index (χ1n) is 8.55. The zero-order valence-electron chi connectivity index (χ0n) is 15.5.